The van der Waals surface area contributed by atoms with E-state index in [4.69, 9.17) is 10.5 Å². The summed E-state index contributed by atoms with van der Waals surface area (Å²) in [6.07, 6.45) is 0.974. The maximum atomic E-state index is 10.8. The number of carbonyl (C=O) groups is 1. The van der Waals surface area contributed by atoms with Crippen LogP contribution in [0.4, 0.5) is 0 Å². The number of hydrogen-bond acceptors (Lipinski definition) is 3. The Morgan fingerprint density at radius 1 is 1.82 bits per heavy atom. The summed E-state index contributed by atoms with van der Waals surface area (Å²) in [5.74, 6) is -0.0120. The lowest BCUT2D eigenvalue weighted by Crippen LogP contribution is -2.41. The van der Waals surface area contributed by atoms with Crippen LogP contribution < -0.4 is 11.1 Å². The van der Waals surface area contributed by atoms with Gasteiger partial charge in [-0.1, -0.05) is 0 Å². The molecule has 0 spiro atoms. The van der Waals surface area contributed by atoms with E-state index >= 15 is 0 Å². The van der Waals surface area contributed by atoms with E-state index in [9.17, 15) is 4.79 Å². The van der Waals surface area contributed by atoms with Crippen molar-refractivity contribution in [1.82, 2.24) is 5.32 Å². The van der Waals surface area contributed by atoms with Crippen molar-refractivity contribution in [2.45, 2.75) is 12.5 Å². The highest BCUT2D eigenvalue weighted by molar-refractivity contribution is 5.80. The third kappa shape index (κ3) is 1.91. The number of ether oxygens (including phenoxy) is 1. The zero-order valence-electron chi connectivity index (χ0n) is 6.67. The summed E-state index contributed by atoms with van der Waals surface area (Å²) < 4.78 is 4.96. The molecule has 0 aromatic heterocycles. The predicted molar refractivity (Wildman–Crippen MR) is 41.0 cm³/mol. The second-order valence-corrected chi connectivity index (χ2v) is 2.84. The van der Waals surface area contributed by atoms with Crippen LogP contribution in [0.3, 0.4) is 0 Å². The topological polar surface area (TPSA) is 64.3 Å². The van der Waals surface area contributed by atoms with Crippen LogP contribution in [-0.4, -0.2) is 32.2 Å². The van der Waals surface area contributed by atoms with Gasteiger partial charge in [-0.3, -0.25) is 4.79 Å². The number of nitrogens with two attached hydrogens (primary N) is 1. The maximum absolute atomic E-state index is 10.8. The molecule has 0 radical (unpaired) electrons. The summed E-state index contributed by atoms with van der Waals surface area (Å²) in [6, 6.07) is -0.185. The predicted octanol–water partition coefficient (Wildman–Crippen LogP) is -0.904. The van der Waals surface area contributed by atoms with E-state index in [-0.39, 0.29) is 17.9 Å². The molecule has 1 saturated heterocycles. The molecule has 0 aromatic rings. The first kappa shape index (κ1) is 8.49. The standard InChI is InChI=1S/C7H14N2O2/c1-11-4-5-2-3-9-6(5)7(8)10/h5-6,9H,2-4H2,1H3,(H2,8,10)/t5-,6-/m0/s1. The summed E-state index contributed by atoms with van der Waals surface area (Å²) in [7, 11) is 1.64. The van der Waals surface area contributed by atoms with E-state index in [1.54, 1.807) is 7.11 Å². The highest BCUT2D eigenvalue weighted by Crippen LogP contribution is 2.14. The number of nitrogens with one attached hydrogen (secondary N) is 1. The van der Waals surface area contributed by atoms with Crippen molar-refractivity contribution in [1.29, 1.82) is 0 Å². The van der Waals surface area contributed by atoms with Crippen LogP contribution in [0.5, 0.6) is 0 Å². The van der Waals surface area contributed by atoms with Crippen LogP contribution in [0.25, 0.3) is 0 Å². The second kappa shape index (κ2) is 3.69. The van der Waals surface area contributed by atoms with Crippen LogP contribution in [0.2, 0.25) is 0 Å². The molecule has 1 fully saturated rings. The molecule has 11 heavy (non-hydrogen) atoms. The average Bonchev–Trinajstić information content (AvgIpc) is 2.36. The number of primary amides is 1. The van der Waals surface area contributed by atoms with Gasteiger partial charge in [0.25, 0.3) is 0 Å². The third-order valence-corrected chi connectivity index (χ3v) is 2.04. The Balaban J connectivity index is 2.44. The lowest BCUT2D eigenvalue weighted by molar-refractivity contribution is -0.120. The molecule has 1 rings (SSSR count). The first-order chi connectivity index (χ1) is 5.25. The van der Waals surface area contributed by atoms with Gasteiger partial charge in [-0.25, -0.2) is 0 Å². The van der Waals surface area contributed by atoms with Gasteiger partial charge < -0.3 is 15.8 Å². The molecule has 0 aliphatic carbocycles. The summed E-state index contributed by atoms with van der Waals surface area (Å²) >= 11 is 0. The molecule has 2 atom stereocenters. The third-order valence-electron chi connectivity index (χ3n) is 2.04. The molecule has 0 saturated carbocycles. The van der Waals surface area contributed by atoms with Gasteiger partial charge in [0.1, 0.15) is 0 Å². The molecule has 64 valence electrons. The van der Waals surface area contributed by atoms with Crippen molar-refractivity contribution < 1.29 is 9.53 Å². The van der Waals surface area contributed by atoms with Gasteiger partial charge in [-0.2, -0.15) is 0 Å². The molecular weight excluding hydrogens is 144 g/mol. The van der Waals surface area contributed by atoms with Crippen molar-refractivity contribution in [2.24, 2.45) is 11.7 Å². The zero-order valence-corrected chi connectivity index (χ0v) is 6.67. The van der Waals surface area contributed by atoms with E-state index < -0.39 is 0 Å². The van der Waals surface area contributed by atoms with E-state index in [1.165, 1.54) is 0 Å². The van der Waals surface area contributed by atoms with Crippen molar-refractivity contribution in [3.8, 4) is 0 Å². The lowest BCUT2D eigenvalue weighted by atomic mass is 10.0. The smallest absolute Gasteiger partial charge is 0.234 e. The number of methoxy groups -OCH3 is 1. The Morgan fingerprint density at radius 2 is 2.55 bits per heavy atom. The van der Waals surface area contributed by atoms with E-state index in [1.807, 2.05) is 0 Å². The largest absolute Gasteiger partial charge is 0.384 e. The normalized spacial score (nSPS) is 30.6. The van der Waals surface area contributed by atoms with Crippen molar-refractivity contribution in [2.75, 3.05) is 20.3 Å². The molecule has 1 heterocycles. The second-order valence-electron chi connectivity index (χ2n) is 2.84. The Morgan fingerprint density at radius 3 is 3.09 bits per heavy atom. The summed E-state index contributed by atoms with van der Waals surface area (Å²) in [5, 5.41) is 3.04. The van der Waals surface area contributed by atoms with E-state index in [2.05, 4.69) is 5.32 Å². The van der Waals surface area contributed by atoms with E-state index in [0.717, 1.165) is 13.0 Å². The molecule has 4 heteroatoms. The van der Waals surface area contributed by atoms with Gasteiger partial charge in [0.15, 0.2) is 0 Å². The Bertz CT molecular complexity index is 149. The summed E-state index contributed by atoms with van der Waals surface area (Å²) in [6.45, 7) is 1.47. The fraction of sp³-hybridized carbons (Fsp3) is 0.857. The lowest BCUT2D eigenvalue weighted by Gasteiger charge is -2.14. The summed E-state index contributed by atoms with van der Waals surface area (Å²) in [4.78, 5) is 10.8. The Labute approximate surface area is 66.1 Å². The minimum atomic E-state index is -0.274. The number of carbonyl (C=O) groups excluding carboxylic acids is 1. The molecule has 0 unspecified atom stereocenters. The monoisotopic (exact) mass is 158 g/mol. The first-order valence-corrected chi connectivity index (χ1v) is 3.77. The van der Waals surface area contributed by atoms with Crippen molar-refractivity contribution in [3.63, 3.8) is 0 Å². The average molecular weight is 158 g/mol. The zero-order chi connectivity index (χ0) is 8.27. The molecule has 3 N–H and O–H groups in total. The van der Waals surface area contributed by atoms with Crippen molar-refractivity contribution >= 4 is 5.91 Å². The first-order valence-electron chi connectivity index (χ1n) is 3.77. The SMILES string of the molecule is COC[C@@H]1CCN[C@@H]1C(N)=O. The minimum absolute atomic E-state index is 0.185. The van der Waals surface area contributed by atoms with Gasteiger partial charge in [0.05, 0.1) is 12.6 Å². The van der Waals surface area contributed by atoms with Crippen LogP contribution in [0.1, 0.15) is 6.42 Å². The van der Waals surface area contributed by atoms with Gasteiger partial charge >= 0.3 is 0 Å². The van der Waals surface area contributed by atoms with Crippen LogP contribution in [0.15, 0.2) is 0 Å². The molecule has 1 amide bonds. The van der Waals surface area contributed by atoms with Gasteiger partial charge in [-0.05, 0) is 13.0 Å². The molecule has 1 aliphatic rings. The van der Waals surface area contributed by atoms with Crippen LogP contribution in [-0.2, 0) is 9.53 Å². The maximum Gasteiger partial charge on any atom is 0.234 e. The summed E-state index contributed by atoms with van der Waals surface area (Å²) in [5.41, 5.74) is 5.16. The molecule has 1 aliphatic heterocycles. The quantitative estimate of drug-likeness (QED) is 0.559. The molecule has 0 aromatic carbocycles. The molecule has 4 nitrogen and oxygen atoms in total. The Hall–Kier alpha value is -0.610. The highest BCUT2D eigenvalue weighted by atomic mass is 16.5. The fourth-order valence-electron chi connectivity index (χ4n) is 1.48. The number of hydrogen-bond donors (Lipinski definition) is 2. The van der Waals surface area contributed by atoms with Gasteiger partial charge in [0.2, 0.25) is 5.91 Å². The van der Waals surface area contributed by atoms with Crippen molar-refractivity contribution in [3.05, 3.63) is 0 Å². The minimum Gasteiger partial charge on any atom is -0.384 e. The van der Waals surface area contributed by atoms with Crippen LogP contribution in [0, 0.1) is 5.92 Å². The van der Waals surface area contributed by atoms with E-state index in [0.29, 0.717) is 6.61 Å². The highest BCUT2D eigenvalue weighted by Gasteiger charge is 2.30. The molecular formula is C7H14N2O2. The van der Waals surface area contributed by atoms with Crippen LogP contribution >= 0.6 is 0 Å². The van der Waals surface area contributed by atoms with Gasteiger partial charge in [-0.15, -0.1) is 0 Å². The fourth-order valence-corrected chi connectivity index (χ4v) is 1.48. The van der Waals surface area contributed by atoms with Gasteiger partial charge in [0, 0.05) is 13.0 Å². The number of rotatable bonds is 3. The molecule has 0 bridgehead atoms. The number of amides is 1. The Kier molecular flexibility index (Phi) is 2.84.